The number of ether oxygens (including phenoxy) is 1. The molecule has 0 saturated carbocycles. The van der Waals surface area contributed by atoms with Gasteiger partial charge >= 0.3 is 0 Å². The predicted molar refractivity (Wildman–Crippen MR) is 83.3 cm³/mol. The van der Waals surface area contributed by atoms with Gasteiger partial charge in [0.15, 0.2) is 0 Å². The van der Waals surface area contributed by atoms with Crippen molar-refractivity contribution in [2.45, 2.75) is 19.4 Å². The summed E-state index contributed by atoms with van der Waals surface area (Å²) in [6, 6.07) is 9.25. The fraction of sp³-hybridized carbons (Fsp3) is 0.286. The standard InChI is InChI=1S/C14H14BrClO2S/c1-2-7-18-11-4-3-9(8-10(11)15)14(17)12-5-6-13(16)19-12/h3-6,8,14,17H,2,7H2,1H3. The number of aliphatic hydroxyl groups excluding tert-OH is 1. The molecule has 0 amide bonds. The molecule has 1 atom stereocenters. The van der Waals surface area contributed by atoms with Gasteiger partial charge in [0.2, 0.25) is 0 Å². The van der Waals surface area contributed by atoms with Gasteiger partial charge in [-0.1, -0.05) is 24.6 Å². The molecule has 2 aromatic rings. The van der Waals surface area contributed by atoms with E-state index in [-0.39, 0.29) is 0 Å². The molecule has 1 unspecified atom stereocenters. The molecule has 0 fully saturated rings. The zero-order chi connectivity index (χ0) is 13.8. The topological polar surface area (TPSA) is 29.5 Å². The van der Waals surface area contributed by atoms with E-state index in [2.05, 4.69) is 22.9 Å². The highest BCUT2D eigenvalue weighted by Gasteiger charge is 2.14. The van der Waals surface area contributed by atoms with E-state index in [0.29, 0.717) is 10.9 Å². The molecule has 2 nitrogen and oxygen atoms in total. The second-order valence-corrected chi connectivity index (χ2v) is 6.68. The first-order valence-electron chi connectivity index (χ1n) is 5.97. The van der Waals surface area contributed by atoms with Gasteiger partial charge in [-0.15, -0.1) is 11.3 Å². The van der Waals surface area contributed by atoms with Crippen molar-refractivity contribution in [3.63, 3.8) is 0 Å². The monoisotopic (exact) mass is 360 g/mol. The second kappa shape index (κ2) is 6.75. The third kappa shape index (κ3) is 3.72. The van der Waals surface area contributed by atoms with Crippen molar-refractivity contribution in [3.8, 4) is 5.75 Å². The third-order valence-corrected chi connectivity index (χ3v) is 4.50. The Hall–Kier alpha value is -0.550. The summed E-state index contributed by atoms with van der Waals surface area (Å²) in [6.45, 7) is 2.74. The van der Waals surface area contributed by atoms with Crippen LogP contribution >= 0.6 is 38.9 Å². The van der Waals surface area contributed by atoms with E-state index >= 15 is 0 Å². The number of hydrogen-bond donors (Lipinski definition) is 1. The Balaban J connectivity index is 2.19. The lowest BCUT2D eigenvalue weighted by Crippen LogP contribution is -1.99. The fourth-order valence-corrected chi connectivity index (χ4v) is 3.24. The molecule has 19 heavy (non-hydrogen) atoms. The molecule has 5 heteroatoms. The van der Waals surface area contributed by atoms with Crippen LogP contribution in [0.1, 0.15) is 29.9 Å². The van der Waals surface area contributed by atoms with Crippen LogP contribution in [0.25, 0.3) is 0 Å². The van der Waals surface area contributed by atoms with Crippen LogP contribution in [-0.4, -0.2) is 11.7 Å². The second-order valence-electron chi connectivity index (χ2n) is 4.08. The number of thiophene rings is 1. The SMILES string of the molecule is CCCOc1ccc(C(O)c2ccc(Cl)s2)cc1Br. The van der Waals surface area contributed by atoms with Crippen LogP contribution in [0.15, 0.2) is 34.8 Å². The molecule has 1 N–H and O–H groups in total. The number of halogens is 2. The lowest BCUT2D eigenvalue weighted by atomic mass is 10.1. The average Bonchev–Trinajstić information content (AvgIpc) is 2.83. The smallest absolute Gasteiger partial charge is 0.133 e. The van der Waals surface area contributed by atoms with E-state index in [0.717, 1.165) is 27.1 Å². The average molecular weight is 362 g/mol. The predicted octanol–water partition coefficient (Wildman–Crippen LogP) is 5.03. The van der Waals surface area contributed by atoms with Crippen molar-refractivity contribution in [1.82, 2.24) is 0 Å². The van der Waals surface area contributed by atoms with Gasteiger partial charge in [0.25, 0.3) is 0 Å². The van der Waals surface area contributed by atoms with Crippen molar-refractivity contribution < 1.29 is 9.84 Å². The molecule has 0 radical (unpaired) electrons. The van der Waals surface area contributed by atoms with Crippen LogP contribution < -0.4 is 4.74 Å². The Morgan fingerprint density at radius 2 is 2.16 bits per heavy atom. The van der Waals surface area contributed by atoms with Crippen molar-refractivity contribution >= 4 is 38.9 Å². The number of rotatable bonds is 5. The zero-order valence-corrected chi connectivity index (χ0v) is 13.6. The van der Waals surface area contributed by atoms with Crippen LogP contribution in [0.4, 0.5) is 0 Å². The minimum atomic E-state index is -0.658. The molecule has 0 aliphatic rings. The van der Waals surface area contributed by atoms with Gasteiger partial charge < -0.3 is 9.84 Å². The Morgan fingerprint density at radius 1 is 1.37 bits per heavy atom. The van der Waals surface area contributed by atoms with Gasteiger partial charge in [-0.25, -0.2) is 0 Å². The van der Waals surface area contributed by atoms with E-state index in [9.17, 15) is 5.11 Å². The summed E-state index contributed by atoms with van der Waals surface area (Å²) >= 11 is 10.7. The Kier molecular flexibility index (Phi) is 5.28. The highest BCUT2D eigenvalue weighted by atomic mass is 79.9. The number of aliphatic hydroxyl groups is 1. The normalized spacial score (nSPS) is 12.4. The summed E-state index contributed by atoms with van der Waals surface area (Å²) in [5.41, 5.74) is 0.814. The lowest BCUT2D eigenvalue weighted by molar-refractivity contribution is 0.224. The van der Waals surface area contributed by atoms with Crippen molar-refractivity contribution in [2.24, 2.45) is 0 Å². The first-order valence-corrected chi connectivity index (χ1v) is 7.96. The molecule has 0 spiro atoms. The lowest BCUT2D eigenvalue weighted by Gasteiger charge is -2.12. The van der Waals surface area contributed by atoms with Gasteiger partial charge in [0.1, 0.15) is 11.9 Å². The van der Waals surface area contributed by atoms with Crippen LogP contribution in [0.3, 0.4) is 0 Å². The van der Waals surface area contributed by atoms with E-state index in [4.69, 9.17) is 16.3 Å². The maximum Gasteiger partial charge on any atom is 0.133 e. The van der Waals surface area contributed by atoms with Crippen LogP contribution in [0.2, 0.25) is 4.34 Å². The Bertz CT molecular complexity index is 556. The van der Waals surface area contributed by atoms with E-state index in [1.54, 1.807) is 6.07 Å². The van der Waals surface area contributed by atoms with Gasteiger partial charge in [-0.3, -0.25) is 0 Å². The molecule has 1 aromatic heterocycles. The summed E-state index contributed by atoms with van der Waals surface area (Å²) in [7, 11) is 0. The van der Waals surface area contributed by atoms with Crippen molar-refractivity contribution in [2.75, 3.05) is 6.61 Å². The first-order chi connectivity index (χ1) is 9.11. The highest BCUT2D eigenvalue weighted by Crippen LogP contribution is 2.34. The molecule has 0 saturated heterocycles. The largest absolute Gasteiger partial charge is 0.492 e. The van der Waals surface area contributed by atoms with Gasteiger partial charge in [0, 0.05) is 4.88 Å². The molecular weight excluding hydrogens is 348 g/mol. The summed E-state index contributed by atoms with van der Waals surface area (Å²) in [4.78, 5) is 0.833. The molecule has 2 rings (SSSR count). The summed E-state index contributed by atoms with van der Waals surface area (Å²) in [5, 5.41) is 10.3. The van der Waals surface area contributed by atoms with Crippen LogP contribution in [0, 0.1) is 0 Å². The zero-order valence-electron chi connectivity index (χ0n) is 10.4. The fourth-order valence-electron chi connectivity index (χ4n) is 1.66. The number of hydrogen-bond acceptors (Lipinski definition) is 3. The van der Waals surface area contributed by atoms with Gasteiger partial charge in [-0.2, -0.15) is 0 Å². The molecule has 0 aliphatic heterocycles. The van der Waals surface area contributed by atoms with E-state index < -0.39 is 6.10 Å². The van der Waals surface area contributed by atoms with Crippen molar-refractivity contribution in [1.29, 1.82) is 0 Å². The maximum absolute atomic E-state index is 10.3. The van der Waals surface area contributed by atoms with Crippen LogP contribution in [0.5, 0.6) is 5.75 Å². The minimum absolute atomic E-state index is 0.658. The summed E-state index contributed by atoms with van der Waals surface area (Å²) in [5.74, 6) is 0.794. The molecule has 1 heterocycles. The van der Waals surface area contributed by atoms with E-state index in [1.165, 1.54) is 11.3 Å². The molecule has 102 valence electrons. The minimum Gasteiger partial charge on any atom is -0.492 e. The Labute approximate surface area is 130 Å². The number of benzene rings is 1. The van der Waals surface area contributed by atoms with Crippen molar-refractivity contribution in [3.05, 3.63) is 49.6 Å². The summed E-state index contributed by atoms with van der Waals surface area (Å²) < 4.78 is 7.11. The quantitative estimate of drug-likeness (QED) is 0.809. The third-order valence-electron chi connectivity index (χ3n) is 2.60. The van der Waals surface area contributed by atoms with E-state index in [1.807, 2.05) is 24.3 Å². The highest BCUT2D eigenvalue weighted by molar-refractivity contribution is 9.10. The first kappa shape index (κ1) is 14.9. The Morgan fingerprint density at radius 3 is 2.74 bits per heavy atom. The maximum atomic E-state index is 10.3. The van der Waals surface area contributed by atoms with Gasteiger partial charge in [0.05, 0.1) is 15.4 Å². The molecule has 0 bridgehead atoms. The molecular formula is C14H14BrClO2S. The summed E-state index contributed by atoms with van der Waals surface area (Å²) in [6.07, 6.45) is 0.304. The van der Waals surface area contributed by atoms with Crippen LogP contribution in [-0.2, 0) is 0 Å². The van der Waals surface area contributed by atoms with Gasteiger partial charge in [-0.05, 0) is 52.2 Å². The molecule has 1 aromatic carbocycles. The molecule has 0 aliphatic carbocycles.